The minimum absolute atomic E-state index is 0.568. The Hall–Kier alpha value is -3.45. The maximum absolute atomic E-state index is 12.0. The highest BCUT2D eigenvalue weighted by molar-refractivity contribution is 5.80. The normalized spacial score (nSPS) is 11.1. The summed E-state index contributed by atoms with van der Waals surface area (Å²) in [5.41, 5.74) is 4.53. The lowest BCUT2D eigenvalue weighted by molar-refractivity contribution is 0.112. The highest BCUT2D eigenvalue weighted by atomic mass is 16.1. The van der Waals surface area contributed by atoms with Crippen molar-refractivity contribution in [1.29, 1.82) is 0 Å². The van der Waals surface area contributed by atoms with Gasteiger partial charge in [-0.3, -0.25) is 4.79 Å². The highest BCUT2D eigenvalue weighted by Crippen LogP contribution is 2.45. The van der Waals surface area contributed by atoms with Crippen LogP contribution in [0.15, 0.2) is 115 Å². The van der Waals surface area contributed by atoms with Gasteiger partial charge in [-0.1, -0.05) is 115 Å². The van der Waals surface area contributed by atoms with Crippen LogP contribution in [0.5, 0.6) is 0 Å². The zero-order valence-electron chi connectivity index (χ0n) is 15.0. The van der Waals surface area contributed by atoms with Gasteiger partial charge >= 0.3 is 0 Å². The first-order valence-electron chi connectivity index (χ1n) is 9.08. The highest BCUT2D eigenvalue weighted by Gasteiger charge is 2.39. The van der Waals surface area contributed by atoms with Crippen LogP contribution in [0, 0.1) is 0 Å². The van der Waals surface area contributed by atoms with Crippen LogP contribution in [0.1, 0.15) is 32.6 Å². The third kappa shape index (κ3) is 2.88. The Bertz CT molecular complexity index is 925. The Morgan fingerprint density at radius 2 is 0.852 bits per heavy atom. The van der Waals surface area contributed by atoms with Gasteiger partial charge < -0.3 is 0 Å². The molecule has 0 N–H and O–H groups in total. The van der Waals surface area contributed by atoms with Crippen molar-refractivity contribution in [1.82, 2.24) is 0 Å². The van der Waals surface area contributed by atoms with Gasteiger partial charge in [-0.05, 0) is 22.3 Å². The third-order valence-corrected chi connectivity index (χ3v) is 5.11. The Morgan fingerprint density at radius 1 is 0.481 bits per heavy atom. The molecule has 4 aromatic rings. The van der Waals surface area contributed by atoms with E-state index in [0.29, 0.717) is 5.56 Å². The van der Waals surface area contributed by atoms with Crippen molar-refractivity contribution in [2.45, 2.75) is 5.41 Å². The molecule has 27 heavy (non-hydrogen) atoms. The van der Waals surface area contributed by atoms with Crippen molar-refractivity contribution in [2.24, 2.45) is 0 Å². The Labute approximate surface area is 159 Å². The molecule has 0 atom stereocenters. The van der Waals surface area contributed by atoms with Gasteiger partial charge in [0.1, 0.15) is 6.29 Å². The first kappa shape index (κ1) is 17.0. The minimum Gasteiger partial charge on any atom is -0.298 e. The second-order valence-corrected chi connectivity index (χ2v) is 6.55. The van der Waals surface area contributed by atoms with Crippen molar-refractivity contribution >= 4 is 6.29 Å². The van der Waals surface area contributed by atoms with Crippen LogP contribution >= 0.6 is 0 Å². The van der Waals surface area contributed by atoms with E-state index in [4.69, 9.17) is 0 Å². The Balaban J connectivity index is 2.18. The molecule has 0 amide bonds. The topological polar surface area (TPSA) is 17.1 Å². The minimum atomic E-state index is -0.568. The molecule has 0 fully saturated rings. The molecule has 0 aromatic heterocycles. The van der Waals surface area contributed by atoms with E-state index in [2.05, 4.69) is 78.9 Å². The number of carbonyl (C=O) groups excluding carboxylic acids is 1. The summed E-state index contributed by atoms with van der Waals surface area (Å²) in [6.45, 7) is 0. The lowest BCUT2D eigenvalue weighted by Crippen LogP contribution is -2.32. The second-order valence-electron chi connectivity index (χ2n) is 6.55. The standard InChI is InChI=1S/C26H20O/c27-20-21-12-10-11-19-25(21)26(22-13-4-1-5-14-22,23-15-6-2-7-16-23)24-17-8-3-9-18-24/h1-20H. The van der Waals surface area contributed by atoms with Gasteiger partial charge in [0.2, 0.25) is 0 Å². The van der Waals surface area contributed by atoms with E-state index in [-0.39, 0.29) is 0 Å². The summed E-state index contributed by atoms with van der Waals surface area (Å²) in [5.74, 6) is 0. The van der Waals surface area contributed by atoms with Gasteiger partial charge in [0, 0.05) is 5.56 Å². The van der Waals surface area contributed by atoms with Crippen LogP contribution in [-0.4, -0.2) is 6.29 Å². The molecule has 0 radical (unpaired) electrons. The van der Waals surface area contributed by atoms with Crippen LogP contribution in [0.25, 0.3) is 0 Å². The largest absolute Gasteiger partial charge is 0.298 e. The predicted octanol–water partition coefficient (Wildman–Crippen LogP) is 5.88. The molecule has 4 aromatic carbocycles. The quantitative estimate of drug-likeness (QED) is 0.325. The van der Waals surface area contributed by atoms with Gasteiger partial charge in [0.05, 0.1) is 5.41 Å². The zero-order chi connectivity index (χ0) is 18.5. The summed E-state index contributed by atoms with van der Waals surface area (Å²) >= 11 is 0. The maximum atomic E-state index is 12.0. The molecule has 0 heterocycles. The van der Waals surface area contributed by atoms with E-state index < -0.39 is 5.41 Å². The molecule has 0 aliphatic carbocycles. The SMILES string of the molecule is O=Cc1ccccc1C(c1ccccc1)(c1ccccc1)c1ccccc1. The molecule has 1 heteroatoms. The summed E-state index contributed by atoms with van der Waals surface area (Å²) in [5, 5.41) is 0. The predicted molar refractivity (Wildman–Crippen MR) is 110 cm³/mol. The van der Waals surface area contributed by atoms with Gasteiger partial charge in [-0.2, -0.15) is 0 Å². The molecule has 0 unspecified atom stereocenters. The molecule has 0 aliphatic rings. The van der Waals surface area contributed by atoms with E-state index in [1.807, 2.05) is 36.4 Å². The van der Waals surface area contributed by atoms with E-state index in [1.54, 1.807) is 0 Å². The molecule has 0 saturated heterocycles. The monoisotopic (exact) mass is 348 g/mol. The lowest BCUT2D eigenvalue weighted by atomic mass is 9.64. The fraction of sp³-hybridized carbons (Fsp3) is 0.0385. The van der Waals surface area contributed by atoms with E-state index in [0.717, 1.165) is 28.5 Å². The van der Waals surface area contributed by atoms with Crippen LogP contribution in [-0.2, 0) is 5.41 Å². The lowest BCUT2D eigenvalue weighted by Gasteiger charge is -2.37. The summed E-state index contributed by atoms with van der Waals surface area (Å²) in [6, 6.07) is 39.1. The summed E-state index contributed by atoms with van der Waals surface area (Å²) < 4.78 is 0. The third-order valence-electron chi connectivity index (χ3n) is 5.11. The number of hydrogen-bond donors (Lipinski definition) is 0. The molecule has 0 saturated carbocycles. The summed E-state index contributed by atoms with van der Waals surface area (Å²) in [6.07, 6.45) is 0.957. The molecule has 0 bridgehead atoms. The Kier molecular flexibility index (Phi) is 4.67. The molecular weight excluding hydrogens is 328 g/mol. The van der Waals surface area contributed by atoms with Crippen LogP contribution in [0.4, 0.5) is 0 Å². The van der Waals surface area contributed by atoms with Crippen molar-refractivity contribution < 1.29 is 4.79 Å². The fourth-order valence-corrected chi connectivity index (χ4v) is 3.97. The molecular formula is C26H20O. The number of rotatable bonds is 5. The molecule has 4 rings (SSSR count). The second kappa shape index (κ2) is 7.43. The summed E-state index contributed by atoms with van der Waals surface area (Å²) in [4.78, 5) is 12.0. The van der Waals surface area contributed by atoms with Crippen molar-refractivity contribution in [2.75, 3.05) is 0 Å². The fourth-order valence-electron chi connectivity index (χ4n) is 3.97. The van der Waals surface area contributed by atoms with Gasteiger partial charge in [-0.15, -0.1) is 0 Å². The molecule has 0 spiro atoms. The van der Waals surface area contributed by atoms with Crippen LogP contribution in [0.3, 0.4) is 0 Å². The summed E-state index contributed by atoms with van der Waals surface area (Å²) in [7, 11) is 0. The number of hydrogen-bond acceptors (Lipinski definition) is 1. The van der Waals surface area contributed by atoms with Gasteiger partial charge in [0.15, 0.2) is 0 Å². The Morgan fingerprint density at radius 3 is 1.26 bits per heavy atom. The van der Waals surface area contributed by atoms with Gasteiger partial charge in [0.25, 0.3) is 0 Å². The van der Waals surface area contributed by atoms with E-state index >= 15 is 0 Å². The zero-order valence-corrected chi connectivity index (χ0v) is 15.0. The smallest absolute Gasteiger partial charge is 0.150 e. The van der Waals surface area contributed by atoms with Crippen molar-refractivity contribution in [3.63, 3.8) is 0 Å². The maximum Gasteiger partial charge on any atom is 0.150 e. The van der Waals surface area contributed by atoms with Gasteiger partial charge in [-0.25, -0.2) is 0 Å². The first-order valence-corrected chi connectivity index (χ1v) is 9.08. The number of aldehydes is 1. The van der Waals surface area contributed by atoms with Crippen molar-refractivity contribution in [3.05, 3.63) is 143 Å². The van der Waals surface area contributed by atoms with E-state index in [9.17, 15) is 4.79 Å². The van der Waals surface area contributed by atoms with E-state index in [1.165, 1.54) is 0 Å². The average Bonchev–Trinajstić information content (AvgIpc) is 2.77. The van der Waals surface area contributed by atoms with Crippen LogP contribution in [0.2, 0.25) is 0 Å². The van der Waals surface area contributed by atoms with Crippen molar-refractivity contribution in [3.8, 4) is 0 Å². The molecule has 1 nitrogen and oxygen atoms in total. The van der Waals surface area contributed by atoms with Crippen LogP contribution < -0.4 is 0 Å². The first-order chi connectivity index (χ1) is 13.4. The molecule has 0 aliphatic heterocycles. The molecule has 130 valence electrons. The average molecular weight is 348 g/mol. The number of benzene rings is 4. The number of carbonyl (C=O) groups is 1.